The van der Waals surface area contributed by atoms with E-state index in [1.807, 2.05) is 6.92 Å². The Hall–Kier alpha value is -4.72. The van der Waals surface area contributed by atoms with Gasteiger partial charge in [0.25, 0.3) is 5.56 Å². The highest BCUT2D eigenvalue weighted by Crippen LogP contribution is 2.42. The van der Waals surface area contributed by atoms with Crippen LogP contribution in [0, 0.1) is 18.3 Å². The smallest absolute Gasteiger partial charge is 0.462 e. The number of aryl methyl sites for hydroxylation is 1. The zero-order chi connectivity index (χ0) is 24.9. The van der Waals surface area contributed by atoms with Crippen LogP contribution in [0.4, 0.5) is 14.5 Å². The molecular formula is C24H16F2N4O5. The predicted octanol–water partition coefficient (Wildman–Crippen LogP) is 3.82. The molecule has 35 heavy (non-hydrogen) atoms. The van der Waals surface area contributed by atoms with E-state index < -0.39 is 24.3 Å². The van der Waals surface area contributed by atoms with Gasteiger partial charge in [-0.2, -0.15) is 10.4 Å². The fraction of sp³-hybridized carbons (Fsp3) is 0.167. The van der Waals surface area contributed by atoms with Gasteiger partial charge in [-0.15, -0.1) is 8.78 Å². The molecule has 2 aromatic heterocycles. The number of hydrogen-bond acceptors (Lipinski definition) is 7. The molecule has 3 heterocycles. The first-order valence-corrected chi connectivity index (χ1v) is 10.3. The van der Waals surface area contributed by atoms with Crippen molar-refractivity contribution in [1.82, 2.24) is 9.78 Å². The molecule has 1 aliphatic rings. The summed E-state index contributed by atoms with van der Waals surface area (Å²) in [5.41, 5.74) is 2.00. The Morgan fingerprint density at radius 2 is 1.94 bits per heavy atom. The van der Waals surface area contributed by atoms with E-state index in [4.69, 9.17) is 4.42 Å². The second-order valence-corrected chi connectivity index (χ2v) is 7.93. The number of aromatic nitrogens is 2. The van der Waals surface area contributed by atoms with E-state index in [0.29, 0.717) is 16.8 Å². The second kappa shape index (κ2) is 7.95. The quantitative estimate of drug-likeness (QED) is 0.438. The average Bonchev–Trinajstić information content (AvgIpc) is 3.42. The maximum absolute atomic E-state index is 13.3. The van der Waals surface area contributed by atoms with Crippen LogP contribution in [0.5, 0.6) is 11.5 Å². The molecule has 0 N–H and O–H groups in total. The van der Waals surface area contributed by atoms with Crippen molar-refractivity contribution < 1.29 is 27.5 Å². The van der Waals surface area contributed by atoms with Gasteiger partial charge in [0.15, 0.2) is 17.1 Å². The van der Waals surface area contributed by atoms with Crippen molar-refractivity contribution in [3.05, 3.63) is 70.2 Å². The van der Waals surface area contributed by atoms with Crippen molar-refractivity contribution in [3.63, 3.8) is 0 Å². The van der Waals surface area contributed by atoms with E-state index in [-0.39, 0.29) is 28.2 Å². The molecule has 0 atom stereocenters. The topological polar surface area (TPSA) is 111 Å². The van der Waals surface area contributed by atoms with Gasteiger partial charge in [-0.25, -0.2) is 4.68 Å². The van der Waals surface area contributed by atoms with E-state index in [0.717, 1.165) is 10.2 Å². The largest absolute Gasteiger partial charge is 0.586 e. The minimum absolute atomic E-state index is 0.151. The van der Waals surface area contributed by atoms with Gasteiger partial charge in [0, 0.05) is 24.4 Å². The van der Waals surface area contributed by atoms with Crippen molar-refractivity contribution >= 4 is 22.6 Å². The molecule has 1 aliphatic heterocycles. The number of fused-ring (bicyclic) bond motifs is 2. The summed E-state index contributed by atoms with van der Waals surface area (Å²) in [5, 5.41) is 13.9. The molecule has 0 spiro atoms. The lowest BCUT2D eigenvalue weighted by Crippen LogP contribution is -2.35. The zero-order valence-corrected chi connectivity index (χ0v) is 18.4. The van der Waals surface area contributed by atoms with Crippen molar-refractivity contribution in [2.45, 2.75) is 19.8 Å². The fourth-order valence-electron chi connectivity index (χ4n) is 3.82. The number of carbonyl (C=O) groups excluding carboxylic acids is 1. The Morgan fingerprint density at radius 3 is 2.71 bits per heavy atom. The predicted molar refractivity (Wildman–Crippen MR) is 119 cm³/mol. The minimum Gasteiger partial charge on any atom is -0.462 e. The maximum Gasteiger partial charge on any atom is 0.586 e. The number of alkyl halides is 2. The Morgan fingerprint density at radius 1 is 1.17 bits per heavy atom. The van der Waals surface area contributed by atoms with Crippen LogP contribution in [0.1, 0.15) is 11.1 Å². The normalized spacial score (nSPS) is 13.6. The molecule has 9 nitrogen and oxygen atoms in total. The average molecular weight is 478 g/mol. The summed E-state index contributed by atoms with van der Waals surface area (Å²) in [7, 11) is 1.43. The molecule has 1 amide bonds. The van der Waals surface area contributed by atoms with E-state index >= 15 is 0 Å². The minimum atomic E-state index is -3.78. The SMILES string of the molecule is Cc1cc(C#N)cc(-c2nn(CC(=O)N(C)c3ccc4c(c3)OC(F)(F)O4)c(=O)c3ccoc23)c1. The van der Waals surface area contributed by atoms with Crippen LogP contribution in [0.2, 0.25) is 0 Å². The molecule has 5 rings (SSSR count). The van der Waals surface area contributed by atoms with Crippen LogP contribution in [-0.2, 0) is 11.3 Å². The summed E-state index contributed by atoms with van der Waals surface area (Å²) in [6, 6.07) is 12.6. The number of anilines is 1. The number of likely N-dealkylation sites (N-methyl/N-ethyl adjacent to an activating group) is 1. The molecule has 0 aliphatic carbocycles. The van der Waals surface area contributed by atoms with Gasteiger partial charge in [0.05, 0.1) is 23.3 Å². The number of rotatable bonds is 4. The van der Waals surface area contributed by atoms with Gasteiger partial charge >= 0.3 is 6.29 Å². The molecule has 0 saturated heterocycles. The molecule has 0 bridgehead atoms. The van der Waals surface area contributed by atoms with E-state index in [1.165, 1.54) is 42.5 Å². The molecule has 0 radical (unpaired) electrons. The first kappa shape index (κ1) is 22.1. The Bertz CT molecular complexity index is 1600. The van der Waals surface area contributed by atoms with Gasteiger partial charge in [-0.1, -0.05) is 0 Å². The number of hydrogen-bond donors (Lipinski definition) is 0. The van der Waals surface area contributed by atoms with Gasteiger partial charge in [-0.3, -0.25) is 9.59 Å². The molecule has 11 heteroatoms. The van der Waals surface area contributed by atoms with Crippen molar-refractivity contribution in [3.8, 4) is 28.8 Å². The van der Waals surface area contributed by atoms with Crippen molar-refractivity contribution in [2.24, 2.45) is 0 Å². The number of amides is 1. The summed E-state index contributed by atoms with van der Waals surface area (Å²) in [5.74, 6) is -0.902. The number of furan rings is 1. The number of ether oxygens (including phenoxy) is 2. The highest BCUT2D eigenvalue weighted by Gasteiger charge is 2.43. The van der Waals surface area contributed by atoms with E-state index in [1.54, 1.807) is 18.2 Å². The summed E-state index contributed by atoms with van der Waals surface area (Å²) >= 11 is 0. The zero-order valence-electron chi connectivity index (χ0n) is 18.4. The van der Waals surface area contributed by atoms with E-state index in [9.17, 15) is 23.6 Å². The van der Waals surface area contributed by atoms with Gasteiger partial charge < -0.3 is 18.8 Å². The van der Waals surface area contributed by atoms with Crippen LogP contribution in [0.25, 0.3) is 22.2 Å². The molecule has 0 saturated carbocycles. The standard InChI is InChI=1S/C24H16F2N4O5/c1-13-7-14(11-27)9-15(8-13)21-22-17(5-6-33-22)23(32)30(28-21)12-20(31)29(2)16-3-4-18-19(10-16)35-24(25,26)34-18/h3-10H,12H2,1-2H3. The van der Waals surface area contributed by atoms with E-state index in [2.05, 4.69) is 20.6 Å². The van der Waals surface area contributed by atoms with Crippen LogP contribution in [0.15, 0.2) is 57.9 Å². The highest BCUT2D eigenvalue weighted by molar-refractivity contribution is 5.94. The number of nitriles is 1. The molecule has 0 fully saturated rings. The van der Waals surface area contributed by atoms with Gasteiger partial charge in [-0.05, 0) is 48.9 Å². The highest BCUT2D eigenvalue weighted by atomic mass is 19.3. The van der Waals surface area contributed by atoms with Crippen LogP contribution < -0.4 is 19.9 Å². The Kier molecular flexibility index (Phi) is 5.02. The lowest BCUT2D eigenvalue weighted by molar-refractivity contribution is -0.286. The number of carbonyl (C=O) groups is 1. The van der Waals surface area contributed by atoms with Crippen LogP contribution in [0.3, 0.4) is 0 Å². The van der Waals surface area contributed by atoms with Gasteiger partial charge in [0.1, 0.15) is 12.2 Å². The van der Waals surface area contributed by atoms with Crippen molar-refractivity contribution in [2.75, 3.05) is 11.9 Å². The summed E-state index contributed by atoms with van der Waals surface area (Å²) < 4.78 is 41.9. The maximum atomic E-state index is 13.3. The molecular weight excluding hydrogens is 462 g/mol. The first-order chi connectivity index (χ1) is 16.6. The number of benzene rings is 2. The van der Waals surface area contributed by atoms with Gasteiger partial charge in [0.2, 0.25) is 5.91 Å². The summed E-state index contributed by atoms with van der Waals surface area (Å²) in [4.78, 5) is 27.2. The molecule has 4 aromatic rings. The monoisotopic (exact) mass is 478 g/mol. The third-order valence-corrected chi connectivity index (χ3v) is 5.48. The fourth-order valence-corrected chi connectivity index (χ4v) is 3.82. The Balaban J connectivity index is 1.50. The number of nitrogens with zero attached hydrogens (tertiary/aromatic N) is 4. The molecule has 176 valence electrons. The summed E-state index contributed by atoms with van der Waals surface area (Å²) in [6.45, 7) is 1.38. The third-order valence-electron chi connectivity index (χ3n) is 5.48. The second-order valence-electron chi connectivity index (χ2n) is 7.93. The third kappa shape index (κ3) is 3.95. The molecule has 0 unspecified atom stereocenters. The lowest BCUT2D eigenvalue weighted by Gasteiger charge is -2.18. The first-order valence-electron chi connectivity index (χ1n) is 10.3. The summed E-state index contributed by atoms with van der Waals surface area (Å²) in [6.07, 6.45) is -2.43. The lowest BCUT2D eigenvalue weighted by atomic mass is 10.0. The van der Waals surface area contributed by atoms with Crippen LogP contribution in [-0.4, -0.2) is 29.0 Å². The van der Waals surface area contributed by atoms with Crippen molar-refractivity contribution in [1.29, 1.82) is 5.26 Å². The number of halogens is 2. The van der Waals surface area contributed by atoms with Crippen LogP contribution >= 0.6 is 0 Å². The molecule has 2 aromatic carbocycles. The Labute approximate surface area is 196 Å².